The topological polar surface area (TPSA) is 139 Å². The van der Waals surface area contributed by atoms with Crippen LogP contribution >= 0.6 is 0 Å². The summed E-state index contributed by atoms with van der Waals surface area (Å²) in [5.74, 6) is 0.910. The van der Waals surface area contributed by atoms with E-state index in [-0.39, 0.29) is 13.3 Å². The average Bonchev–Trinajstić information content (AvgIpc) is 3.18. The largest absolute Gasteiger partial charge is 0.493 e. The zero-order chi connectivity index (χ0) is 35.4. The minimum Gasteiger partial charge on any atom is -0.493 e. The first-order valence-electron chi connectivity index (χ1n) is 16.9. The summed E-state index contributed by atoms with van der Waals surface area (Å²) >= 11 is 0. The van der Waals surface area contributed by atoms with Gasteiger partial charge in [-0.1, -0.05) is 79.1 Å². The van der Waals surface area contributed by atoms with Gasteiger partial charge in [-0.15, -0.1) is 0 Å². The first-order chi connectivity index (χ1) is 25.1. The summed E-state index contributed by atoms with van der Waals surface area (Å²) in [6.07, 6.45) is 2.61. The Bertz CT molecular complexity index is 2030. The number of carbonyl (C=O) groups is 1. The molecule has 1 heterocycles. The Balaban J connectivity index is 1.61. The second-order valence-corrected chi connectivity index (χ2v) is 11.8. The fourth-order valence-corrected chi connectivity index (χ4v) is 6.14. The maximum atomic E-state index is 14.1. The van der Waals surface area contributed by atoms with Crippen molar-refractivity contribution < 1.29 is 28.5 Å². The number of unbranched alkanes of at least 4 members (excludes halogenated alkanes) is 1. The molecule has 1 fully saturated rings. The summed E-state index contributed by atoms with van der Waals surface area (Å²) in [7, 11) is 0. The van der Waals surface area contributed by atoms with E-state index in [0.717, 1.165) is 63.5 Å². The van der Waals surface area contributed by atoms with Gasteiger partial charge in [0, 0.05) is 51.8 Å². The molecule has 6 rings (SSSR count). The molecule has 0 aliphatic carbocycles. The number of benzene rings is 5. The molecule has 11 nitrogen and oxygen atoms in total. The smallest absolute Gasteiger partial charge is 0.339 e. The molecule has 0 unspecified atom stereocenters. The van der Waals surface area contributed by atoms with E-state index < -0.39 is 5.97 Å². The lowest BCUT2D eigenvalue weighted by atomic mass is 9.89. The Kier molecular flexibility index (Phi) is 11.7. The molecule has 5 aromatic carbocycles. The van der Waals surface area contributed by atoms with Crippen LogP contribution in [0, 0.1) is 5.41 Å². The Morgan fingerprint density at radius 1 is 0.922 bits per heavy atom. The van der Waals surface area contributed by atoms with Crippen LogP contribution < -0.4 is 19.1 Å². The van der Waals surface area contributed by atoms with Gasteiger partial charge in [0.05, 0.1) is 25.4 Å². The van der Waals surface area contributed by atoms with Crippen LogP contribution in [0.4, 0.5) is 5.69 Å². The van der Waals surface area contributed by atoms with Gasteiger partial charge in [-0.2, -0.15) is 0 Å². The van der Waals surface area contributed by atoms with Crippen LogP contribution in [-0.4, -0.2) is 52.0 Å². The van der Waals surface area contributed by atoms with Crippen LogP contribution in [0.1, 0.15) is 35.7 Å². The van der Waals surface area contributed by atoms with Gasteiger partial charge in [-0.25, -0.2) is 4.79 Å². The third kappa shape index (κ3) is 8.24. The summed E-state index contributed by atoms with van der Waals surface area (Å²) in [6.45, 7) is 4.83. The fraction of sp³-hybridized carbons (Fsp3) is 0.250. The Morgan fingerprint density at radius 2 is 1.69 bits per heavy atom. The predicted octanol–water partition coefficient (Wildman–Crippen LogP) is 9.18. The zero-order valence-corrected chi connectivity index (χ0v) is 28.4. The van der Waals surface area contributed by atoms with E-state index >= 15 is 0 Å². The van der Waals surface area contributed by atoms with E-state index in [0.29, 0.717) is 55.7 Å². The van der Waals surface area contributed by atoms with Gasteiger partial charge >= 0.3 is 5.97 Å². The normalized spacial score (nSPS) is 12.5. The minimum absolute atomic E-state index is 0.131. The van der Waals surface area contributed by atoms with E-state index in [1.54, 1.807) is 18.2 Å². The van der Waals surface area contributed by atoms with Gasteiger partial charge in [0.15, 0.2) is 13.1 Å². The number of nitrogens with one attached hydrogen (secondary N) is 1. The number of anilines is 1. The number of ether oxygens (including phenoxy) is 5. The molecule has 0 atom stereocenters. The molecular weight excluding hydrogens is 646 g/mol. The molecule has 0 bridgehead atoms. The highest BCUT2D eigenvalue weighted by molar-refractivity contribution is 6.13. The van der Waals surface area contributed by atoms with Gasteiger partial charge in [-0.05, 0) is 58.8 Å². The van der Waals surface area contributed by atoms with Crippen molar-refractivity contribution in [3.63, 3.8) is 0 Å². The Morgan fingerprint density at radius 3 is 2.41 bits per heavy atom. The van der Waals surface area contributed by atoms with Crippen molar-refractivity contribution in [1.29, 1.82) is 5.41 Å². The number of hydrogen-bond acceptors (Lipinski definition) is 9. The lowest BCUT2D eigenvalue weighted by molar-refractivity contribution is 0.0473. The van der Waals surface area contributed by atoms with Gasteiger partial charge in [0.1, 0.15) is 23.9 Å². The van der Waals surface area contributed by atoms with Crippen LogP contribution in [0.15, 0.2) is 102 Å². The van der Waals surface area contributed by atoms with Crippen molar-refractivity contribution in [2.75, 3.05) is 44.5 Å². The molecule has 0 aromatic heterocycles. The molecule has 1 aliphatic heterocycles. The summed E-state index contributed by atoms with van der Waals surface area (Å²) in [6, 6.07) is 30.7. The molecule has 11 heteroatoms. The average molecular weight is 686 g/mol. The van der Waals surface area contributed by atoms with Gasteiger partial charge in [0.25, 0.3) is 0 Å². The summed E-state index contributed by atoms with van der Waals surface area (Å²) in [5.41, 5.74) is 14.3. The van der Waals surface area contributed by atoms with E-state index in [2.05, 4.69) is 34.0 Å². The van der Waals surface area contributed by atoms with Crippen LogP contribution in [0.3, 0.4) is 0 Å². The second-order valence-electron chi connectivity index (χ2n) is 11.8. The first kappa shape index (κ1) is 34.8. The van der Waals surface area contributed by atoms with Crippen molar-refractivity contribution in [3.8, 4) is 39.5 Å². The SMILES string of the molecule is CCCCOc1cc(C(=O)OCc2ccccc2)c(-c2ccccc2)c2cc(N3CCOCC3)c(-c3ccc(OC=N)cc3OCN=[N+]=[N-])cc12. The molecule has 0 radical (unpaired) electrons. The molecule has 0 spiro atoms. The van der Waals surface area contributed by atoms with Crippen LogP contribution in [-0.2, 0) is 16.1 Å². The highest BCUT2D eigenvalue weighted by atomic mass is 16.5. The van der Waals surface area contributed by atoms with Crippen LogP contribution in [0.25, 0.3) is 43.5 Å². The van der Waals surface area contributed by atoms with E-state index in [9.17, 15) is 4.79 Å². The quantitative estimate of drug-likeness (QED) is 0.0220. The van der Waals surface area contributed by atoms with Gasteiger partial charge < -0.3 is 28.6 Å². The van der Waals surface area contributed by atoms with E-state index in [1.807, 2.05) is 66.7 Å². The number of hydrogen-bond donors (Lipinski definition) is 1. The molecular formula is C40H39N5O6. The van der Waals surface area contributed by atoms with Crippen molar-refractivity contribution in [2.24, 2.45) is 5.11 Å². The highest BCUT2D eigenvalue weighted by Gasteiger charge is 2.26. The monoisotopic (exact) mass is 685 g/mol. The molecule has 0 amide bonds. The maximum absolute atomic E-state index is 14.1. The fourth-order valence-electron chi connectivity index (χ4n) is 6.14. The van der Waals surface area contributed by atoms with E-state index in [4.69, 9.17) is 34.6 Å². The van der Waals surface area contributed by atoms with Gasteiger partial charge in [0.2, 0.25) is 0 Å². The van der Waals surface area contributed by atoms with Crippen molar-refractivity contribution in [2.45, 2.75) is 26.4 Å². The number of nitrogens with zero attached hydrogens (tertiary/aromatic N) is 4. The molecule has 260 valence electrons. The van der Waals surface area contributed by atoms with Crippen molar-refractivity contribution in [1.82, 2.24) is 0 Å². The van der Waals surface area contributed by atoms with E-state index in [1.165, 1.54) is 0 Å². The molecule has 5 aromatic rings. The lowest BCUT2D eigenvalue weighted by Gasteiger charge is -2.32. The molecule has 1 aliphatic rings. The number of carbonyl (C=O) groups excluding carboxylic acids is 1. The predicted molar refractivity (Wildman–Crippen MR) is 198 cm³/mol. The lowest BCUT2D eigenvalue weighted by Crippen LogP contribution is -2.36. The molecule has 1 N–H and O–H groups in total. The highest BCUT2D eigenvalue weighted by Crippen LogP contribution is 2.46. The number of azide groups is 1. The molecule has 51 heavy (non-hydrogen) atoms. The summed E-state index contributed by atoms with van der Waals surface area (Å²) in [4.78, 5) is 19.2. The Hall–Kier alpha value is -6.03. The number of rotatable bonds is 15. The Labute approximate surface area is 296 Å². The minimum atomic E-state index is -0.451. The standard InChI is InChI=1S/C40H39N5O6/c1-2-3-18-48-38-24-35(40(46)49-25-28-10-6-4-7-11-28)39(29-12-8-5-9-13-29)34-23-36(45-16-19-47-20-17-45)32(22-33(34)38)31-15-14-30(50-26-41)21-37(31)51-27-43-44-42/h4-15,21-24,26,41H,2-3,16-20,25,27H2,1H3. The zero-order valence-electron chi connectivity index (χ0n) is 28.4. The summed E-state index contributed by atoms with van der Waals surface area (Å²) < 4.78 is 29.5. The third-order valence-corrected chi connectivity index (χ3v) is 8.60. The number of fused-ring (bicyclic) bond motifs is 1. The third-order valence-electron chi connectivity index (χ3n) is 8.60. The number of esters is 1. The molecule has 0 saturated carbocycles. The van der Waals surface area contributed by atoms with Crippen LogP contribution in [0.2, 0.25) is 0 Å². The van der Waals surface area contributed by atoms with Gasteiger partial charge in [-0.3, -0.25) is 5.41 Å². The molecule has 1 saturated heterocycles. The maximum Gasteiger partial charge on any atom is 0.339 e. The summed E-state index contributed by atoms with van der Waals surface area (Å²) in [5, 5.41) is 12.6. The first-order valence-corrected chi connectivity index (χ1v) is 16.9. The van der Waals surface area contributed by atoms with Crippen molar-refractivity contribution in [3.05, 3.63) is 119 Å². The van der Waals surface area contributed by atoms with Crippen LogP contribution in [0.5, 0.6) is 17.2 Å². The number of morpholine rings is 1. The second kappa shape index (κ2) is 17.1. The van der Waals surface area contributed by atoms with Crippen molar-refractivity contribution >= 4 is 28.8 Å².